The Kier molecular flexibility index (Phi) is 4.18. The highest BCUT2D eigenvalue weighted by Gasteiger charge is 2.31. The van der Waals surface area contributed by atoms with Crippen molar-refractivity contribution >= 4 is 45.9 Å². The molecule has 3 aromatic rings. The third-order valence-corrected chi connectivity index (χ3v) is 5.47. The van der Waals surface area contributed by atoms with Gasteiger partial charge in [-0.25, -0.2) is 10.9 Å². The highest BCUT2D eigenvalue weighted by atomic mass is 32.2. The van der Waals surface area contributed by atoms with Crippen LogP contribution in [0.5, 0.6) is 0 Å². The van der Waals surface area contributed by atoms with Crippen LogP contribution in [0, 0.1) is 0 Å². The van der Waals surface area contributed by atoms with Gasteiger partial charge in [-0.2, -0.15) is 0 Å². The Bertz CT molecular complexity index is 1100. The van der Waals surface area contributed by atoms with Gasteiger partial charge in [-0.15, -0.1) is 0 Å². The third kappa shape index (κ3) is 2.87. The Hall–Kier alpha value is -3.16. The number of imide groups is 1. The maximum absolute atomic E-state index is 12.4. The Morgan fingerprint density at radius 1 is 0.926 bits per heavy atom. The Morgan fingerprint density at radius 2 is 1.63 bits per heavy atom. The van der Waals surface area contributed by atoms with Crippen molar-refractivity contribution in [3.05, 3.63) is 65.7 Å². The summed E-state index contributed by atoms with van der Waals surface area (Å²) in [5.41, 5.74) is 1.51. The number of benzene rings is 3. The smallest absolute Gasteiger partial charge is 0.275 e. The van der Waals surface area contributed by atoms with E-state index in [0.717, 1.165) is 15.2 Å². The zero-order valence-electron chi connectivity index (χ0n) is 14.4. The van der Waals surface area contributed by atoms with E-state index in [0.29, 0.717) is 27.2 Å². The molecule has 0 radical (unpaired) electrons. The van der Waals surface area contributed by atoms with Crippen molar-refractivity contribution in [2.45, 2.75) is 16.7 Å². The van der Waals surface area contributed by atoms with Crippen molar-refractivity contribution in [2.24, 2.45) is 5.84 Å². The largest absolute Gasteiger partial charge is 0.325 e. The summed E-state index contributed by atoms with van der Waals surface area (Å²) >= 11 is 1.46. The first-order chi connectivity index (χ1) is 13.0. The monoisotopic (exact) mass is 377 g/mol. The first-order valence-electron chi connectivity index (χ1n) is 8.21. The molecule has 1 heterocycles. The molecule has 4 rings (SSSR count). The standard InChI is InChI=1S/C20H15N3O3S/c1-11(24)22-15-7-2-3-8-17(15)27-16-10-9-14-18-12(16)5-4-6-13(18)19(25)23(21)20(14)26/h2-10H,21H2,1H3,(H,22,24). The fourth-order valence-corrected chi connectivity index (χ4v) is 4.17. The van der Waals surface area contributed by atoms with Crippen LogP contribution in [0.2, 0.25) is 0 Å². The molecule has 0 saturated carbocycles. The summed E-state index contributed by atoms with van der Waals surface area (Å²) in [6.07, 6.45) is 0. The van der Waals surface area contributed by atoms with Gasteiger partial charge in [0.05, 0.1) is 16.8 Å². The molecular weight excluding hydrogens is 362 g/mol. The summed E-state index contributed by atoms with van der Waals surface area (Å²) < 4.78 is 0. The quantitative estimate of drug-likeness (QED) is 0.414. The van der Waals surface area contributed by atoms with Crippen molar-refractivity contribution in [3.63, 3.8) is 0 Å². The highest BCUT2D eigenvalue weighted by molar-refractivity contribution is 7.99. The van der Waals surface area contributed by atoms with Crippen molar-refractivity contribution in [2.75, 3.05) is 5.32 Å². The molecule has 7 heteroatoms. The van der Waals surface area contributed by atoms with Gasteiger partial charge in [-0.3, -0.25) is 14.4 Å². The molecule has 3 N–H and O–H groups in total. The number of para-hydroxylation sites is 1. The molecule has 3 aromatic carbocycles. The van der Waals surface area contributed by atoms with Gasteiger partial charge in [-0.1, -0.05) is 36.0 Å². The van der Waals surface area contributed by atoms with Crippen LogP contribution in [0.25, 0.3) is 10.8 Å². The van der Waals surface area contributed by atoms with Gasteiger partial charge in [0.15, 0.2) is 0 Å². The molecule has 0 bridgehead atoms. The SMILES string of the molecule is CC(=O)Nc1ccccc1Sc1ccc2c3c(cccc13)C(=O)N(N)C2=O. The summed E-state index contributed by atoms with van der Waals surface area (Å²) in [4.78, 5) is 38.0. The number of rotatable bonds is 3. The lowest BCUT2D eigenvalue weighted by Gasteiger charge is -2.24. The Balaban J connectivity index is 1.86. The van der Waals surface area contributed by atoms with E-state index in [1.165, 1.54) is 18.7 Å². The molecule has 0 unspecified atom stereocenters. The van der Waals surface area contributed by atoms with Crippen LogP contribution in [-0.4, -0.2) is 22.7 Å². The maximum Gasteiger partial charge on any atom is 0.275 e. The number of hydrogen-bond acceptors (Lipinski definition) is 5. The number of hydrogen-bond donors (Lipinski definition) is 2. The molecule has 0 saturated heterocycles. The van der Waals surface area contributed by atoms with E-state index in [1.54, 1.807) is 18.2 Å². The van der Waals surface area contributed by atoms with E-state index < -0.39 is 11.8 Å². The molecule has 1 aliphatic heterocycles. The molecule has 0 aromatic heterocycles. The highest BCUT2D eigenvalue weighted by Crippen LogP contribution is 2.40. The number of hydrazine groups is 1. The molecule has 134 valence electrons. The van der Waals surface area contributed by atoms with Crippen LogP contribution in [0.4, 0.5) is 5.69 Å². The van der Waals surface area contributed by atoms with Gasteiger partial charge >= 0.3 is 0 Å². The molecular formula is C20H15N3O3S. The van der Waals surface area contributed by atoms with E-state index in [4.69, 9.17) is 5.84 Å². The predicted molar refractivity (Wildman–Crippen MR) is 104 cm³/mol. The fraction of sp³-hybridized carbons (Fsp3) is 0.0500. The molecule has 0 atom stereocenters. The first-order valence-corrected chi connectivity index (χ1v) is 9.02. The summed E-state index contributed by atoms with van der Waals surface area (Å²) in [5.74, 6) is 4.45. The van der Waals surface area contributed by atoms with E-state index in [1.807, 2.05) is 36.4 Å². The van der Waals surface area contributed by atoms with Crippen LogP contribution in [0.1, 0.15) is 27.6 Å². The Morgan fingerprint density at radius 3 is 2.37 bits per heavy atom. The molecule has 0 spiro atoms. The third-order valence-electron chi connectivity index (χ3n) is 4.32. The number of nitrogens with two attached hydrogens (primary N) is 1. The van der Waals surface area contributed by atoms with Crippen LogP contribution in [-0.2, 0) is 4.79 Å². The van der Waals surface area contributed by atoms with E-state index in [9.17, 15) is 14.4 Å². The molecule has 6 nitrogen and oxygen atoms in total. The number of anilines is 1. The molecule has 0 aliphatic carbocycles. The zero-order chi connectivity index (χ0) is 19.1. The number of nitrogens with zero attached hydrogens (tertiary/aromatic N) is 1. The second-order valence-corrected chi connectivity index (χ2v) is 7.18. The minimum atomic E-state index is -0.515. The van der Waals surface area contributed by atoms with Crippen LogP contribution in [0.15, 0.2) is 64.4 Å². The van der Waals surface area contributed by atoms with E-state index in [2.05, 4.69) is 5.32 Å². The van der Waals surface area contributed by atoms with Gasteiger partial charge in [0, 0.05) is 22.1 Å². The van der Waals surface area contributed by atoms with Crippen LogP contribution < -0.4 is 11.2 Å². The van der Waals surface area contributed by atoms with Gasteiger partial charge in [0.25, 0.3) is 11.8 Å². The fourth-order valence-electron chi connectivity index (χ4n) is 3.14. The van der Waals surface area contributed by atoms with E-state index >= 15 is 0 Å². The van der Waals surface area contributed by atoms with Crippen molar-refractivity contribution in [1.29, 1.82) is 0 Å². The number of carbonyl (C=O) groups excluding carboxylic acids is 3. The van der Waals surface area contributed by atoms with Crippen molar-refractivity contribution in [1.82, 2.24) is 5.01 Å². The second kappa shape index (κ2) is 6.53. The lowest BCUT2D eigenvalue weighted by atomic mass is 9.95. The first kappa shape index (κ1) is 17.3. The minimum absolute atomic E-state index is 0.154. The molecule has 0 fully saturated rings. The van der Waals surface area contributed by atoms with E-state index in [-0.39, 0.29) is 5.91 Å². The number of amides is 3. The maximum atomic E-state index is 12.4. The van der Waals surface area contributed by atoms with Crippen LogP contribution in [0.3, 0.4) is 0 Å². The van der Waals surface area contributed by atoms with Gasteiger partial charge < -0.3 is 5.32 Å². The van der Waals surface area contributed by atoms with Gasteiger partial charge in [0.2, 0.25) is 5.91 Å². The molecule has 1 aliphatic rings. The average molecular weight is 377 g/mol. The van der Waals surface area contributed by atoms with Crippen molar-refractivity contribution < 1.29 is 14.4 Å². The van der Waals surface area contributed by atoms with Crippen molar-refractivity contribution in [3.8, 4) is 0 Å². The summed E-state index contributed by atoms with van der Waals surface area (Å²) in [7, 11) is 0. The topological polar surface area (TPSA) is 92.5 Å². The second-order valence-electron chi connectivity index (χ2n) is 6.10. The Labute approximate surface area is 159 Å². The van der Waals surface area contributed by atoms with Gasteiger partial charge in [0.1, 0.15) is 0 Å². The number of nitrogens with one attached hydrogen (secondary N) is 1. The summed E-state index contributed by atoms with van der Waals surface area (Å²) in [6, 6.07) is 16.3. The molecule has 27 heavy (non-hydrogen) atoms. The number of carbonyl (C=O) groups is 3. The minimum Gasteiger partial charge on any atom is -0.325 e. The summed E-state index contributed by atoms with van der Waals surface area (Å²) in [5, 5.41) is 4.87. The average Bonchev–Trinajstić information content (AvgIpc) is 2.66. The zero-order valence-corrected chi connectivity index (χ0v) is 15.2. The lowest BCUT2D eigenvalue weighted by Crippen LogP contribution is -2.45. The molecule has 3 amide bonds. The normalized spacial score (nSPS) is 13.2. The van der Waals surface area contributed by atoms with Gasteiger partial charge in [-0.05, 0) is 35.7 Å². The predicted octanol–water partition coefficient (Wildman–Crippen LogP) is 3.42. The summed E-state index contributed by atoms with van der Waals surface area (Å²) in [6.45, 7) is 1.46. The van der Waals surface area contributed by atoms with Crippen LogP contribution >= 0.6 is 11.8 Å². The lowest BCUT2D eigenvalue weighted by molar-refractivity contribution is -0.114.